The molecule has 112 valence electrons. The van der Waals surface area contributed by atoms with Gasteiger partial charge in [0.05, 0.1) is 19.1 Å². The van der Waals surface area contributed by atoms with Gasteiger partial charge in [-0.15, -0.1) is 0 Å². The lowest BCUT2D eigenvalue weighted by Gasteiger charge is -2.20. The molecule has 9 heteroatoms. The molecule has 1 fully saturated rings. The lowest BCUT2D eigenvalue weighted by Crippen LogP contribution is -2.39. The third kappa shape index (κ3) is 5.41. The molecule has 19 heavy (non-hydrogen) atoms. The van der Waals surface area contributed by atoms with Crippen LogP contribution < -0.4 is 0 Å². The fraction of sp³-hybridized carbons (Fsp3) is 0.900. The normalized spacial score (nSPS) is 28.7. The highest BCUT2D eigenvalue weighted by Gasteiger charge is 2.44. The molecule has 0 aromatic carbocycles. The number of nitrogens with zero attached hydrogens (tertiary/aromatic N) is 1. The Bertz CT molecular complexity index is 420. The molecule has 8 nitrogen and oxygen atoms in total. The molecule has 0 aromatic rings. The van der Waals surface area contributed by atoms with Crippen molar-refractivity contribution in [1.82, 2.24) is 0 Å². The highest BCUT2D eigenvalue weighted by molar-refractivity contribution is 7.85. The number of hydrogen-bond acceptors (Lipinski definition) is 8. The lowest BCUT2D eigenvalue weighted by molar-refractivity contribution is -0.154. The Morgan fingerprint density at radius 1 is 1.47 bits per heavy atom. The molecule has 0 saturated carbocycles. The molecular weight excluding hydrogens is 278 g/mol. The zero-order valence-corrected chi connectivity index (χ0v) is 12.1. The van der Waals surface area contributed by atoms with Gasteiger partial charge in [0.1, 0.15) is 25.4 Å². The van der Waals surface area contributed by atoms with Gasteiger partial charge in [-0.1, -0.05) is 5.16 Å². The zero-order valence-electron chi connectivity index (χ0n) is 11.3. The molecule has 0 aliphatic carbocycles. The topological polar surface area (TPSA) is 104 Å². The summed E-state index contributed by atoms with van der Waals surface area (Å²) in [6, 6.07) is 0. The molecule has 1 saturated heterocycles. The van der Waals surface area contributed by atoms with E-state index in [0.29, 0.717) is 0 Å². The van der Waals surface area contributed by atoms with Crippen molar-refractivity contribution in [3.05, 3.63) is 0 Å². The predicted molar refractivity (Wildman–Crippen MR) is 66.1 cm³/mol. The fourth-order valence-corrected chi connectivity index (χ4v) is 2.03. The first-order valence-corrected chi connectivity index (χ1v) is 7.41. The number of aliphatic hydroxyl groups is 1. The van der Waals surface area contributed by atoms with Crippen molar-refractivity contribution in [2.24, 2.45) is 5.16 Å². The van der Waals surface area contributed by atoms with Gasteiger partial charge >= 0.3 is 0 Å². The van der Waals surface area contributed by atoms with Gasteiger partial charge in [0, 0.05) is 0 Å². The molecule has 0 amide bonds. The van der Waals surface area contributed by atoms with Crippen LogP contribution in [0.3, 0.4) is 0 Å². The van der Waals surface area contributed by atoms with Gasteiger partial charge in [0.15, 0.2) is 5.79 Å². The first kappa shape index (κ1) is 16.3. The van der Waals surface area contributed by atoms with E-state index in [2.05, 4.69) is 14.2 Å². The molecule has 1 heterocycles. The highest BCUT2D eigenvalue weighted by atomic mass is 32.2. The van der Waals surface area contributed by atoms with Gasteiger partial charge in [-0.25, -0.2) is 0 Å². The molecule has 0 aromatic heterocycles. The standard InChI is InChI=1S/C10H19NO7S/c1-10(2)17-8(5-11-15-3)9(18-10)7(12)6-16-19(4,13)14/h5,7-9,12H,6H2,1-4H3/b11-5+/t7-,8-,9-/m1/s1. The Hall–Kier alpha value is -0.740. The number of ether oxygens (including phenoxy) is 2. The quantitative estimate of drug-likeness (QED) is 0.399. The zero-order chi connectivity index (χ0) is 14.7. The van der Waals surface area contributed by atoms with Crippen LogP contribution in [-0.2, 0) is 28.6 Å². The molecule has 1 N–H and O–H groups in total. The van der Waals surface area contributed by atoms with Crippen LogP contribution in [0.1, 0.15) is 13.8 Å². The number of rotatable bonds is 6. The average Bonchev–Trinajstić information content (AvgIpc) is 2.58. The molecule has 0 spiro atoms. The summed E-state index contributed by atoms with van der Waals surface area (Å²) >= 11 is 0. The minimum absolute atomic E-state index is 0.416. The second-order valence-electron chi connectivity index (χ2n) is 4.56. The molecule has 0 radical (unpaired) electrons. The van der Waals surface area contributed by atoms with Crippen molar-refractivity contribution in [3.63, 3.8) is 0 Å². The summed E-state index contributed by atoms with van der Waals surface area (Å²) in [5, 5.41) is 13.5. The average molecular weight is 297 g/mol. The van der Waals surface area contributed by atoms with Crippen LogP contribution in [0.4, 0.5) is 0 Å². The van der Waals surface area contributed by atoms with E-state index in [4.69, 9.17) is 9.47 Å². The Labute approximate surface area is 112 Å². The van der Waals surface area contributed by atoms with E-state index in [-0.39, 0.29) is 0 Å². The Morgan fingerprint density at radius 3 is 2.63 bits per heavy atom. The summed E-state index contributed by atoms with van der Waals surface area (Å²) < 4.78 is 37.3. The van der Waals surface area contributed by atoms with Crippen molar-refractivity contribution < 1.29 is 32.0 Å². The molecule has 1 aliphatic heterocycles. The Balaban J connectivity index is 2.69. The number of hydrogen-bond donors (Lipinski definition) is 1. The van der Waals surface area contributed by atoms with Gasteiger partial charge < -0.3 is 19.4 Å². The minimum Gasteiger partial charge on any atom is -0.399 e. The van der Waals surface area contributed by atoms with Crippen LogP contribution in [0.5, 0.6) is 0 Å². The summed E-state index contributed by atoms with van der Waals surface area (Å²) in [5.41, 5.74) is 0. The van der Waals surface area contributed by atoms with Crippen molar-refractivity contribution in [2.75, 3.05) is 20.0 Å². The molecule has 3 atom stereocenters. The van der Waals surface area contributed by atoms with Gasteiger partial charge in [-0.2, -0.15) is 8.42 Å². The minimum atomic E-state index is -3.63. The maximum atomic E-state index is 10.9. The summed E-state index contributed by atoms with van der Waals surface area (Å²) in [7, 11) is -2.26. The van der Waals surface area contributed by atoms with Gasteiger partial charge in [0.2, 0.25) is 0 Å². The summed E-state index contributed by atoms with van der Waals surface area (Å²) in [6.07, 6.45) is -0.392. The van der Waals surface area contributed by atoms with E-state index in [1.165, 1.54) is 13.3 Å². The smallest absolute Gasteiger partial charge is 0.264 e. The predicted octanol–water partition coefficient (Wildman–Crippen LogP) is -0.524. The molecule has 1 aliphatic rings. The first-order chi connectivity index (χ1) is 8.64. The molecule has 1 rings (SSSR count). The van der Waals surface area contributed by atoms with Crippen LogP contribution in [0.25, 0.3) is 0 Å². The second-order valence-corrected chi connectivity index (χ2v) is 6.20. The van der Waals surface area contributed by atoms with E-state index in [0.717, 1.165) is 6.26 Å². The van der Waals surface area contributed by atoms with Crippen LogP contribution >= 0.6 is 0 Å². The summed E-state index contributed by atoms with van der Waals surface area (Å²) in [6.45, 7) is 2.93. The van der Waals surface area contributed by atoms with Gasteiger partial charge in [0.25, 0.3) is 10.1 Å². The number of aliphatic hydroxyl groups excluding tert-OH is 1. The van der Waals surface area contributed by atoms with Crippen LogP contribution in [-0.4, -0.2) is 63.8 Å². The SMILES string of the molecule is CO/N=C/[C@H]1OC(C)(C)O[C@@H]1[C@H](O)COS(C)(=O)=O. The number of oxime groups is 1. The maximum Gasteiger partial charge on any atom is 0.264 e. The Morgan fingerprint density at radius 2 is 2.11 bits per heavy atom. The van der Waals surface area contributed by atoms with Gasteiger partial charge in [-0.05, 0) is 13.8 Å². The van der Waals surface area contributed by atoms with Crippen molar-refractivity contribution in [2.45, 2.75) is 37.9 Å². The summed E-state index contributed by atoms with van der Waals surface area (Å²) in [4.78, 5) is 4.54. The monoisotopic (exact) mass is 297 g/mol. The van der Waals surface area contributed by atoms with Crippen molar-refractivity contribution in [3.8, 4) is 0 Å². The van der Waals surface area contributed by atoms with Crippen molar-refractivity contribution >= 4 is 16.3 Å². The molecular formula is C10H19NO7S. The van der Waals surface area contributed by atoms with Crippen LogP contribution in [0.15, 0.2) is 5.16 Å². The lowest BCUT2D eigenvalue weighted by atomic mass is 10.1. The third-order valence-electron chi connectivity index (χ3n) is 2.31. The molecule has 0 unspecified atom stereocenters. The maximum absolute atomic E-state index is 10.9. The summed E-state index contributed by atoms with van der Waals surface area (Å²) in [5.74, 6) is -0.916. The second kappa shape index (κ2) is 6.14. The van der Waals surface area contributed by atoms with Crippen LogP contribution in [0.2, 0.25) is 0 Å². The van der Waals surface area contributed by atoms with E-state index >= 15 is 0 Å². The largest absolute Gasteiger partial charge is 0.399 e. The van der Waals surface area contributed by atoms with Crippen LogP contribution in [0, 0.1) is 0 Å². The van der Waals surface area contributed by atoms with Gasteiger partial charge in [-0.3, -0.25) is 4.18 Å². The molecule has 0 bridgehead atoms. The van der Waals surface area contributed by atoms with E-state index < -0.39 is 40.8 Å². The third-order valence-corrected chi connectivity index (χ3v) is 2.87. The van der Waals surface area contributed by atoms with E-state index in [1.54, 1.807) is 13.8 Å². The van der Waals surface area contributed by atoms with Crippen molar-refractivity contribution in [1.29, 1.82) is 0 Å². The Kier molecular flexibility index (Phi) is 5.27. The van der Waals surface area contributed by atoms with E-state index in [1.807, 2.05) is 0 Å². The first-order valence-electron chi connectivity index (χ1n) is 5.59. The van der Waals surface area contributed by atoms with E-state index in [9.17, 15) is 13.5 Å². The fourth-order valence-electron chi connectivity index (χ4n) is 1.64. The highest BCUT2D eigenvalue weighted by Crippen LogP contribution is 2.29.